The van der Waals surface area contributed by atoms with E-state index >= 15 is 0 Å². The molecule has 7 heteroatoms. The van der Waals surface area contributed by atoms with Gasteiger partial charge >= 0.3 is 0 Å². The second-order valence-electron chi connectivity index (χ2n) is 4.54. The Hall–Kier alpha value is -1.92. The van der Waals surface area contributed by atoms with E-state index in [1.807, 2.05) is 6.92 Å². The molecule has 2 rings (SSSR count). The zero-order chi connectivity index (χ0) is 17.0. The average molecular weight is 401 g/mol. The molecule has 2 aromatic rings. The van der Waals surface area contributed by atoms with Crippen molar-refractivity contribution in [2.45, 2.75) is 6.92 Å². The first-order valence-corrected chi connectivity index (χ1v) is 7.93. The number of anilines is 1. The number of hydrogen-bond acceptors (Lipinski definition) is 4. The normalized spacial score (nSPS) is 10.3. The fraction of sp³-hybridized carbons (Fsp3) is 0.188. The third-order valence-corrected chi connectivity index (χ3v) is 3.81. The van der Waals surface area contributed by atoms with E-state index in [2.05, 4.69) is 21.2 Å². The summed E-state index contributed by atoms with van der Waals surface area (Å²) in [6, 6.07) is 7.59. The van der Waals surface area contributed by atoms with Crippen LogP contribution in [0.2, 0.25) is 5.02 Å². The van der Waals surface area contributed by atoms with Gasteiger partial charge in [-0.15, -0.1) is 0 Å². The summed E-state index contributed by atoms with van der Waals surface area (Å²) < 4.78 is 11.3. The second kappa shape index (κ2) is 7.57. The topological polar surface area (TPSA) is 67.8 Å². The summed E-state index contributed by atoms with van der Waals surface area (Å²) in [6.45, 7) is 2.32. The first kappa shape index (κ1) is 17.4. The molecular formula is C16H15BrClNO4. The number of aromatic hydroxyl groups is 1. The molecule has 0 bridgehead atoms. The minimum atomic E-state index is -0.412. The molecule has 1 amide bonds. The molecule has 0 aliphatic carbocycles. The SMILES string of the molecule is CCOc1c(Br)cc(C(=O)Nc2cc(Cl)ccc2O)cc1OC. The van der Waals surface area contributed by atoms with Crippen LogP contribution in [0.5, 0.6) is 17.2 Å². The van der Waals surface area contributed by atoms with Gasteiger partial charge in [0.15, 0.2) is 11.5 Å². The van der Waals surface area contributed by atoms with Crippen molar-refractivity contribution in [2.75, 3.05) is 19.0 Å². The molecule has 0 aliphatic heterocycles. The number of phenolic OH excluding ortho intramolecular Hbond substituents is 1. The number of amides is 1. The van der Waals surface area contributed by atoms with Crippen LogP contribution in [0, 0.1) is 0 Å². The Labute approximate surface area is 147 Å². The maximum Gasteiger partial charge on any atom is 0.255 e. The average Bonchev–Trinajstić information content (AvgIpc) is 2.52. The monoisotopic (exact) mass is 399 g/mol. The van der Waals surface area contributed by atoms with Crippen LogP contribution in [0.15, 0.2) is 34.8 Å². The quantitative estimate of drug-likeness (QED) is 0.727. The maximum atomic E-state index is 12.4. The third kappa shape index (κ3) is 4.09. The fourth-order valence-electron chi connectivity index (χ4n) is 1.94. The van der Waals surface area contributed by atoms with Gasteiger partial charge in [-0.1, -0.05) is 11.6 Å². The number of nitrogens with one attached hydrogen (secondary N) is 1. The number of methoxy groups -OCH3 is 1. The Bertz CT molecular complexity index is 736. The van der Waals surface area contributed by atoms with Gasteiger partial charge in [0.1, 0.15) is 5.75 Å². The standard InChI is InChI=1S/C16H15BrClNO4/c1-3-23-15-11(17)6-9(7-14(15)22-2)16(21)19-12-8-10(18)4-5-13(12)20/h4-8,20H,3H2,1-2H3,(H,19,21). The Morgan fingerprint density at radius 3 is 2.74 bits per heavy atom. The zero-order valence-electron chi connectivity index (χ0n) is 12.5. The van der Waals surface area contributed by atoms with Crippen molar-refractivity contribution in [1.29, 1.82) is 0 Å². The molecule has 0 aromatic heterocycles. The van der Waals surface area contributed by atoms with E-state index in [1.54, 1.807) is 12.1 Å². The summed E-state index contributed by atoms with van der Waals surface area (Å²) in [6.07, 6.45) is 0. The fourth-order valence-corrected chi connectivity index (χ4v) is 2.67. The number of halogens is 2. The van der Waals surface area contributed by atoms with E-state index in [0.29, 0.717) is 33.2 Å². The Balaban J connectivity index is 2.32. The summed E-state index contributed by atoms with van der Waals surface area (Å²) in [4.78, 5) is 12.4. The lowest BCUT2D eigenvalue weighted by Crippen LogP contribution is -2.12. The molecule has 0 atom stereocenters. The molecule has 0 unspecified atom stereocenters. The predicted octanol–water partition coefficient (Wildman–Crippen LogP) is 4.47. The van der Waals surface area contributed by atoms with Crippen LogP contribution < -0.4 is 14.8 Å². The first-order valence-electron chi connectivity index (χ1n) is 6.76. The molecule has 5 nitrogen and oxygen atoms in total. The molecule has 23 heavy (non-hydrogen) atoms. The van der Waals surface area contributed by atoms with E-state index in [0.717, 1.165) is 0 Å². The van der Waals surface area contributed by atoms with Gasteiger partial charge in [0, 0.05) is 10.6 Å². The van der Waals surface area contributed by atoms with E-state index in [1.165, 1.54) is 25.3 Å². The van der Waals surface area contributed by atoms with Crippen molar-refractivity contribution >= 4 is 39.1 Å². The summed E-state index contributed by atoms with van der Waals surface area (Å²) in [5.74, 6) is 0.475. The molecule has 0 saturated carbocycles. The number of hydrogen-bond donors (Lipinski definition) is 2. The van der Waals surface area contributed by atoms with Crippen LogP contribution in [0.1, 0.15) is 17.3 Å². The molecule has 0 aliphatic rings. The summed E-state index contributed by atoms with van der Waals surface area (Å²) >= 11 is 9.23. The van der Waals surface area contributed by atoms with E-state index in [9.17, 15) is 9.90 Å². The number of benzene rings is 2. The van der Waals surface area contributed by atoms with Gasteiger partial charge in [-0.3, -0.25) is 4.79 Å². The highest BCUT2D eigenvalue weighted by molar-refractivity contribution is 9.10. The van der Waals surface area contributed by atoms with E-state index in [-0.39, 0.29) is 11.4 Å². The second-order valence-corrected chi connectivity index (χ2v) is 5.83. The minimum Gasteiger partial charge on any atom is -0.506 e. The van der Waals surface area contributed by atoms with Gasteiger partial charge in [0.05, 0.1) is 23.9 Å². The molecule has 0 fully saturated rings. The van der Waals surface area contributed by atoms with Gasteiger partial charge in [0.25, 0.3) is 5.91 Å². The molecule has 0 spiro atoms. The van der Waals surface area contributed by atoms with Crippen LogP contribution in [-0.2, 0) is 0 Å². The van der Waals surface area contributed by atoms with Crippen LogP contribution in [-0.4, -0.2) is 24.7 Å². The van der Waals surface area contributed by atoms with Crippen molar-refractivity contribution in [3.05, 3.63) is 45.4 Å². The van der Waals surface area contributed by atoms with E-state index in [4.69, 9.17) is 21.1 Å². The highest BCUT2D eigenvalue weighted by Gasteiger charge is 2.16. The summed E-state index contributed by atoms with van der Waals surface area (Å²) in [5, 5.41) is 12.8. The van der Waals surface area contributed by atoms with Crippen LogP contribution >= 0.6 is 27.5 Å². The van der Waals surface area contributed by atoms with Crippen LogP contribution in [0.3, 0.4) is 0 Å². The molecule has 0 heterocycles. The van der Waals surface area contributed by atoms with Crippen molar-refractivity contribution in [2.24, 2.45) is 0 Å². The van der Waals surface area contributed by atoms with Crippen molar-refractivity contribution < 1.29 is 19.4 Å². The van der Waals surface area contributed by atoms with Gasteiger partial charge in [0.2, 0.25) is 0 Å². The first-order chi connectivity index (χ1) is 11.0. The number of carbonyl (C=O) groups is 1. The number of rotatable bonds is 5. The van der Waals surface area contributed by atoms with Crippen LogP contribution in [0.4, 0.5) is 5.69 Å². The molecular weight excluding hydrogens is 386 g/mol. The highest BCUT2D eigenvalue weighted by Crippen LogP contribution is 2.37. The lowest BCUT2D eigenvalue weighted by Gasteiger charge is -2.14. The molecule has 0 radical (unpaired) electrons. The van der Waals surface area contributed by atoms with Gasteiger partial charge in [-0.05, 0) is 53.2 Å². The van der Waals surface area contributed by atoms with Gasteiger partial charge < -0.3 is 19.9 Å². The molecule has 2 aromatic carbocycles. The zero-order valence-corrected chi connectivity index (χ0v) is 14.9. The van der Waals surface area contributed by atoms with Crippen molar-refractivity contribution in [1.82, 2.24) is 0 Å². The van der Waals surface area contributed by atoms with Crippen molar-refractivity contribution in [3.8, 4) is 17.2 Å². The number of ether oxygens (including phenoxy) is 2. The Kier molecular flexibility index (Phi) is 5.74. The van der Waals surface area contributed by atoms with Gasteiger partial charge in [-0.25, -0.2) is 0 Å². The highest BCUT2D eigenvalue weighted by atomic mass is 79.9. The number of phenols is 1. The number of carbonyl (C=O) groups excluding carboxylic acids is 1. The lowest BCUT2D eigenvalue weighted by molar-refractivity contribution is 0.102. The van der Waals surface area contributed by atoms with E-state index < -0.39 is 5.91 Å². The van der Waals surface area contributed by atoms with Crippen LogP contribution in [0.25, 0.3) is 0 Å². The third-order valence-electron chi connectivity index (χ3n) is 2.99. The molecule has 0 saturated heterocycles. The lowest BCUT2D eigenvalue weighted by atomic mass is 10.1. The van der Waals surface area contributed by atoms with Crippen molar-refractivity contribution in [3.63, 3.8) is 0 Å². The maximum absolute atomic E-state index is 12.4. The summed E-state index contributed by atoms with van der Waals surface area (Å²) in [5.41, 5.74) is 0.572. The Morgan fingerprint density at radius 1 is 1.35 bits per heavy atom. The Morgan fingerprint density at radius 2 is 2.09 bits per heavy atom. The predicted molar refractivity (Wildman–Crippen MR) is 92.9 cm³/mol. The van der Waals surface area contributed by atoms with Gasteiger partial charge in [-0.2, -0.15) is 0 Å². The summed E-state index contributed by atoms with van der Waals surface area (Å²) in [7, 11) is 1.49. The molecule has 122 valence electrons. The largest absolute Gasteiger partial charge is 0.506 e. The minimum absolute atomic E-state index is 0.0697. The smallest absolute Gasteiger partial charge is 0.255 e. The molecule has 2 N–H and O–H groups in total.